The van der Waals surface area contributed by atoms with Gasteiger partial charge in [0.05, 0.1) is 11.8 Å². The number of carbonyl (C=O) groups is 1. The van der Waals surface area contributed by atoms with Gasteiger partial charge in [0.15, 0.2) is 5.75 Å². The Balaban J connectivity index is 1.73. The minimum atomic E-state index is -0.869. The predicted octanol–water partition coefficient (Wildman–Crippen LogP) is 1.45. The Morgan fingerprint density at radius 1 is 1.48 bits per heavy atom. The van der Waals surface area contributed by atoms with Crippen LogP contribution in [0.15, 0.2) is 23.6 Å². The van der Waals surface area contributed by atoms with E-state index in [9.17, 15) is 14.7 Å². The number of aromatic nitrogens is 1. The molecule has 0 amide bonds. The fourth-order valence-electron chi connectivity index (χ4n) is 3.01. The lowest BCUT2D eigenvalue weighted by molar-refractivity contribution is -0.0442. The summed E-state index contributed by atoms with van der Waals surface area (Å²) in [6.07, 6.45) is 1.04. The number of nitrogens with zero attached hydrogens (tertiary/aromatic N) is 2. The molecule has 27 heavy (non-hydrogen) atoms. The van der Waals surface area contributed by atoms with Gasteiger partial charge in [0, 0.05) is 18.8 Å². The highest BCUT2D eigenvalue weighted by Gasteiger charge is 2.39. The predicted molar refractivity (Wildman–Crippen MR) is 97.6 cm³/mol. The minimum absolute atomic E-state index is 0.0115. The monoisotopic (exact) mass is 379 g/mol. The van der Waals surface area contributed by atoms with Crippen molar-refractivity contribution in [1.29, 1.82) is 0 Å². The fraction of sp³-hybridized carbons (Fsp3) is 0.556. The molecule has 2 unspecified atom stereocenters. The molecule has 2 aliphatic rings. The molecule has 0 aromatic carbocycles. The van der Waals surface area contributed by atoms with E-state index in [0.29, 0.717) is 30.8 Å². The fourth-order valence-corrected chi connectivity index (χ4v) is 3.01. The first-order valence-electron chi connectivity index (χ1n) is 8.88. The third kappa shape index (κ3) is 3.73. The van der Waals surface area contributed by atoms with Gasteiger partial charge in [-0.15, -0.1) is 0 Å². The van der Waals surface area contributed by atoms with E-state index in [4.69, 9.17) is 14.2 Å². The van der Waals surface area contributed by atoms with Crippen molar-refractivity contribution in [2.45, 2.75) is 51.5 Å². The summed E-state index contributed by atoms with van der Waals surface area (Å²) >= 11 is 0. The van der Waals surface area contributed by atoms with Crippen molar-refractivity contribution in [1.82, 2.24) is 9.58 Å². The second-order valence-electron chi connectivity index (χ2n) is 7.17. The van der Waals surface area contributed by atoms with Crippen LogP contribution in [0.5, 0.6) is 5.75 Å². The van der Waals surface area contributed by atoms with Crippen LogP contribution in [0, 0.1) is 0 Å². The van der Waals surface area contributed by atoms with Crippen LogP contribution in [0.3, 0.4) is 0 Å². The Morgan fingerprint density at radius 3 is 2.93 bits per heavy atom. The van der Waals surface area contributed by atoms with E-state index in [1.165, 1.54) is 6.07 Å². The Hall–Kier alpha value is -2.68. The zero-order valence-electron chi connectivity index (χ0n) is 15.7. The van der Waals surface area contributed by atoms with Crippen LogP contribution in [0.1, 0.15) is 39.3 Å². The molecule has 2 N–H and O–H groups in total. The van der Waals surface area contributed by atoms with Crippen molar-refractivity contribution in [3.8, 4) is 5.75 Å². The van der Waals surface area contributed by atoms with Crippen LogP contribution in [0.25, 0.3) is 5.70 Å². The molecule has 3 rings (SSSR count). The molecule has 2 aliphatic heterocycles. The third-order valence-corrected chi connectivity index (χ3v) is 4.90. The number of ether oxygens (including phenoxy) is 3. The molecule has 0 spiro atoms. The summed E-state index contributed by atoms with van der Waals surface area (Å²) in [4.78, 5) is 25.9. The smallest absolute Gasteiger partial charge is 0.451 e. The van der Waals surface area contributed by atoms with E-state index in [0.717, 1.165) is 0 Å². The highest BCUT2D eigenvalue weighted by atomic mass is 16.8. The molecule has 0 saturated carbocycles. The van der Waals surface area contributed by atoms with Gasteiger partial charge < -0.3 is 29.6 Å². The lowest BCUT2D eigenvalue weighted by Crippen LogP contribution is -2.49. The van der Waals surface area contributed by atoms with Crippen LogP contribution >= 0.6 is 0 Å². The molecule has 1 aromatic heterocycles. The average molecular weight is 379 g/mol. The standard InChI is InChI=1S/C18H25N3O6/c1-5-18(3,4)27-17(24)26-10-25-15-12(22)7-9-21-14(15)11(2)20-8-6-13(23)16(20)19-21/h7,9,13,16,19,23H,2,5-6,8,10H2,1,3-4H3. The summed E-state index contributed by atoms with van der Waals surface area (Å²) in [5.41, 5.74) is 3.09. The number of nitrogens with one attached hydrogen (secondary N) is 1. The third-order valence-electron chi connectivity index (χ3n) is 4.90. The molecule has 0 radical (unpaired) electrons. The van der Waals surface area contributed by atoms with Gasteiger partial charge >= 0.3 is 6.16 Å². The summed E-state index contributed by atoms with van der Waals surface area (Å²) in [6.45, 7) is 9.61. The maximum Gasteiger partial charge on any atom is 0.511 e. The molecule has 1 saturated heterocycles. The largest absolute Gasteiger partial charge is 0.511 e. The number of fused-ring (bicyclic) bond motifs is 2. The van der Waals surface area contributed by atoms with Gasteiger partial charge in [0.2, 0.25) is 12.2 Å². The highest BCUT2D eigenvalue weighted by molar-refractivity contribution is 5.67. The van der Waals surface area contributed by atoms with Crippen LogP contribution in [-0.4, -0.2) is 52.0 Å². The number of rotatable bonds is 5. The summed E-state index contributed by atoms with van der Waals surface area (Å²) in [7, 11) is 0. The van der Waals surface area contributed by atoms with E-state index < -0.39 is 24.7 Å². The summed E-state index contributed by atoms with van der Waals surface area (Å²) in [5.74, 6) is 0.0115. The van der Waals surface area contributed by atoms with Crippen molar-refractivity contribution in [2.75, 3.05) is 18.8 Å². The van der Waals surface area contributed by atoms with Crippen LogP contribution < -0.4 is 15.6 Å². The van der Waals surface area contributed by atoms with Crippen LogP contribution in [-0.2, 0) is 9.47 Å². The number of aliphatic hydroxyl groups is 1. The number of pyridine rings is 1. The first kappa shape index (κ1) is 19.1. The first-order valence-corrected chi connectivity index (χ1v) is 8.88. The Kier molecular flexibility index (Phi) is 5.05. The number of aliphatic hydroxyl groups excluding tert-OH is 1. The molecular formula is C18H25N3O6. The summed E-state index contributed by atoms with van der Waals surface area (Å²) < 4.78 is 17.1. The van der Waals surface area contributed by atoms with Gasteiger partial charge in [-0.05, 0) is 26.7 Å². The normalized spacial score (nSPS) is 21.2. The first-order chi connectivity index (χ1) is 12.7. The van der Waals surface area contributed by atoms with Gasteiger partial charge in [-0.2, -0.15) is 0 Å². The van der Waals surface area contributed by atoms with Crippen LogP contribution in [0.2, 0.25) is 0 Å². The number of hydrogen-bond acceptors (Lipinski definition) is 8. The maximum absolute atomic E-state index is 12.3. The molecule has 148 valence electrons. The van der Waals surface area contributed by atoms with E-state index >= 15 is 0 Å². The average Bonchev–Trinajstić information content (AvgIpc) is 2.98. The quantitative estimate of drug-likeness (QED) is 0.585. The molecule has 2 atom stereocenters. The van der Waals surface area contributed by atoms with Crippen molar-refractivity contribution in [2.24, 2.45) is 0 Å². The summed E-state index contributed by atoms with van der Waals surface area (Å²) in [6, 6.07) is 1.33. The van der Waals surface area contributed by atoms with E-state index in [2.05, 4.69) is 12.0 Å². The van der Waals surface area contributed by atoms with E-state index in [-0.39, 0.29) is 17.3 Å². The molecule has 1 aromatic rings. The molecular weight excluding hydrogens is 354 g/mol. The lowest BCUT2D eigenvalue weighted by Gasteiger charge is -2.38. The van der Waals surface area contributed by atoms with Crippen molar-refractivity contribution in [3.63, 3.8) is 0 Å². The SMILES string of the molecule is C=C1c2c(OCOC(=O)OC(C)(C)CC)c(=O)ccn2NC2C(O)CCN12. The van der Waals surface area contributed by atoms with E-state index in [1.54, 1.807) is 24.7 Å². The number of carbonyl (C=O) groups excluding carboxylic acids is 1. The van der Waals surface area contributed by atoms with Gasteiger partial charge in [0.25, 0.3) is 0 Å². The van der Waals surface area contributed by atoms with Gasteiger partial charge in [-0.1, -0.05) is 13.5 Å². The zero-order valence-corrected chi connectivity index (χ0v) is 15.7. The summed E-state index contributed by atoms with van der Waals surface area (Å²) in [5, 5.41) is 10.1. The van der Waals surface area contributed by atoms with Crippen molar-refractivity contribution in [3.05, 3.63) is 34.8 Å². The van der Waals surface area contributed by atoms with Crippen molar-refractivity contribution < 1.29 is 24.1 Å². The molecule has 9 heteroatoms. The molecule has 1 fully saturated rings. The van der Waals surface area contributed by atoms with Gasteiger partial charge in [0.1, 0.15) is 17.5 Å². The maximum atomic E-state index is 12.3. The van der Waals surface area contributed by atoms with E-state index in [1.807, 2.05) is 11.8 Å². The highest BCUT2D eigenvalue weighted by Crippen LogP contribution is 2.34. The minimum Gasteiger partial charge on any atom is -0.451 e. The van der Waals surface area contributed by atoms with Gasteiger partial charge in [-0.3, -0.25) is 9.47 Å². The Labute approximate surface area is 157 Å². The van der Waals surface area contributed by atoms with Crippen LogP contribution in [0.4, 0.5) is 4.79 Å². The molecule has 9 nitrogen and oxygen atoms in total. The van der Waals surface area contributed by atoms with Crippen molar-refractivity contribution >= 4 is 11.9 Å². The molecule has 0 aliphatic carbocycles. The second-order valence-corrected chi connectivity index (χ2v) is 7.17. The number of hydrogen-bond donors (Lipinski definition) is 2. The zero-order chi connectivity index (χ0) is 19.8. The molecule has 3 heterocycles. The topological polar surface area (TPSA) is 102 Å². The Bertz CT molecular complexity index is 803. The second kappa shape index (κ2) is 7.15. The molecule has 0 bridgehead atoms. The van der Waals surface area contributed by atoms with Gasteiger partial charge in [-0.25, -0.2) is 4.79 Å². The Morgan fingerprint density at radius 2 is 2.22 bits per heavy atom. The lowest BCUT2D eigenvalue weighted by atomic mass is 10.1.